The van der Waals surface area contributed by atoms with Crippen LogP contribution in [0.4, 0.5) is 0 Å². The van der Waals surface area contributed by atoms with Crippen molar-refractivity contribution in [1.29, 1.82) is 0 Å². The summed E-state index contributed by atoms with van der Waals surface area (Å²) in [6, 6.07) is 0. The molecular weight excluding hydrogens is 156 g/mol. The molecule has 2 unspecified atom stereocenters. The van der Waals surface area contributed by atoms with E-state index in [-0.39, 0.29) is 10.9 Å². The lowest BCUT2D eigenvalue weighted by atomic mass is 10.0. The Balaban J connectivity index is 2.37. The highest BCUT2D eigenvalue weighted by atomic mass is 32.2. The Morgan fingerprint density at radius 3 is 3.09 bits per heavy atom. The topological polar surface area (TPSA) is 24.7 Å². The summed E-state index contributed by atoms with van der Waals surface area (Å²) >= 11 is 1.80. The van der Waals surface area contributed by atoms with Crippen LogP contribution in [-0.2, 0) is 0 Å². The molecule has 0 spiro atoms. The molecule has 0 aliphatic carbocycles. The highest BCUT2D eigenvalue weighted by molar-refractivity contribution is 8.04. The first-order chi connectivity index (χ1) is 5.21. The van der Waals surface area contributed by atoms with Crippen LogP contribution in [0, 0.1) is 0 Å². The van der Waals surface area contributed by atoms with Gasteiger partial charge in [0.05, 0.1) is 0 Å². The number of hydrogen-bond acceptors (Lipinski definition) is 3. The van der Waals surface area contributed by atoms with E-state index < -0.39 is 0 Å². The van der Waals surface area contributed by atoms with Crippen molar-refractivity contribution in [2.24, 2.45) is 9.98 Å². The van der Waals surface area contributed by atoms with Gasteiger partial charge >= 0.3 is 0 Å². The molecule has 2 aliphatic rings. The number of allylic oxidation sites excluding steroid dienone is 1. The Morgan fingerprint density at radius 1 is 1.55 bits per heavy atom. The quantitative estimate of drug-likeness (QED) is 0.539. The van der Waals surface area contributed by atoms with Crippen LogP contribution in [0.15, 0.2) is 21.0 Å². The fourth-order valence-corrected chi connectivity index (χ4v) is 2.56. The second-order valence-electron chi connectivity index (χ2n) is 3.03. The van der Waals surface area contributed by atoms with E-state index in [9.17, 15) is 0 Å². The molecule has 0 aromatic heterocycles. The summed E-state index contributed by atoms with van der Waals surface area (Å²) < 4.78 is 0. The maximum absolute atomic E-state index is 4.40. The van der Waals surface area contributed by atoms with Crippen molar-refractivity contribution in [1.82, 2.24) is 0 Å². The third-order valence-electron chi connectivity index (χ3n) is 1.93. The van der Waals surface area contributed by atoms with E-state index in [0.29, 0.717) is 0 Å². The van der Waals surface area contributed by atoms with Crippen molar-refractivity contribution in [3.05, 3.63) is 11.0 Å². The van der Waals surface area contributed by atoms with Crippen LogP contribution in [0.2, 0.25) is 0 Å². The minimum atomic E-state index is -0.0660. The third kappa shape index (κ3) is 1.03. The van der Waals surface area contributed by atoms with E-state index in [2.05, 4.69) is 29.9 Å². The molecule has 11 heavy (non-hydrogen) atoms. The predicted molar refractivity (Wildman–Crippen MR) is 50.5 cm³/mol. The van der Waals surface area contributed by atoms with Crippen molar-refractivity contribution in [3.8, 4) is 0 Å². The zero-order valence-corrected chi connectivity index (χ0v) is 7.43. The molecule has 58 valence electrons. The van der Waals surface area contributed by atoms with Gasteiger partial charge in [0.25, 0.3) is 0 Å². The minimum absolute atomic E-state index is 0.0660. The van der Waals surface area contributed by atoms with E-state index in [1.54, 1.807) is 24.2 Å². The summed E-state index contributed by atoms with van der Waals surface area (Å²) in [5, 5.41) is 0.285. The molecule has 0 aromatic carbocycles. The van der Waals surface area contributed by atoms with Crippen LogP contribution in [0.1, 0.15) is 13.8 Å². The predicted octanol–water partition coefficient (Wildman–Crippen LogP) is 1.88. The lowest BCUT2D eigenvalue weighted by molar-refractivity contribution is 0.577. The van der Waals surface area contributed by atoms with Gasteiger partial charge in [0.15, 0.2) is 0 Å². The number of hydrogen-bond donors (Lipinski definition) is 0. The fraction of sp³-hybridized carbons (Fsp3) is 0.500. The molecule has 0 radical (unpaired) electrons. The average molecular weight is 166 g/mol. The molecule has 3 heteroatoms. The lowest BCUT2D eigenvalue weighted by Gasteiger charge is -2.23. The second-order valence-corrected chi connectivity index (χ2v) is 4.35. The molecule has 0 saturated heterocycles. The summed E-state index contributed by atoms with van der Waals surface area (Å²) in [4.78, 5) is 10.1. The number of thioether (sulfide) groups is 1. The van der Waals surface area contributed by atoms with Gasteiger partial charge in [-0.1, -0.05) is 0 Å². The number of nitrogens with zero attached hydrogens (tertiary/aromatic N) is 2. The van der Waals surface area contributed by atoms with Crippen LogP contribution in [0.3, 0.4) is 0 Å². The normalized spacial score (nSPS) is 40.5. The first kappa shape index (κ1) is 7.10. The van der Waals surface area contributed by atoms with Gasteiger partial charge in [-0.2, -0.15) is 0 Å². The summed E-state index contributed by atoms with van der Waals surface area (Å²) in [6.07, 6.45) is 5.76. The first-order valence-electron chi connectivity index (χ1n) is 3.64. The average Bonchev–Trinajstić information content (AvgIpc) is 2.22. The van der Waals surface area contributed by atoms with E-state index in [1.807, 2.05) is 0 Å². The highest BCUT2D eigenvalue weighted by Crippen LogP contribution is 2.42. The van der Waals surface area contributed by atoms with Crippen LogP contribution in [0.25, 0.3) is 0 Å². The van der Waals surface area contributed by atoms with Gasteiger partial charge in [-0.3, -0.25) is 9.98 Å². The van der Waals surface area contributed by atoms with Crippen molar-refractivity contribution in [2.75, 3.05) is 0 Å². The molecule has 0 aromatic rings. The number of fused-ring (bicyclic) bond motifs is 1. The molecule has 2 heterocycles. The molecule has 0 saturated carbocycles. The van der Waals surface area contributed by atoms with E-state index in [0.717, 1.165) is 0 Å². The van der Waals surface area contributed by atoms with Crippen LogP contribution >= 0.6 is 11.8 Å². The standard InChI is InChI=1S/C8H10N2S/c1-6-5-8(2)7(11-6)9-3-4-10-8/h3-5,7H,1-2H3. The second kappa shape index (κ2) is 2.21. The van der Waals surface area contributed by atoms with Gasteiger partial charge in [-0.15, -0.1) is 11.8 Å². The van der Waals surface area contributed by atoms with Crippen molar-refractivity contribution < 1.29 is 0 Å². The number of aliphatic imine (C=N–C) groups is 2. The molecule has 0 amide bonds. The maximum Gasteiger partial charge on any atom is 0.128 e. The largest absolute Gasteiger partial charge is 0.278 e. The summed E-state index contributed by atoms with van der Waals surface area (Å²) in [5.41, 5.74) is -0.0660. The summed E-state index contributed by atoms with van der Waals surface area (Å²) in [5.74, 6) is 0. The van der Waals surface area contributed by atoms with Crippen LogP contribution in [-0.4, -0.2) is 23.3 Å². The molecular formula is C8H10N2S. The fourth-order valence-electron chi connectivity index (χ4n) is 1.41. The van der Waals surface area contributed by atoms with Gasteiger partial charge in [-0.05, 0) is 24.8 Å². The summed E-state index contributed by atoms with van der Waals surface area (Å²) in [7, 11) is 0. The number of rotatable bonds is 0. The van der Waals surface area contributed by atoms with E-state index >= 15 is 0 Å². The zero-order valence-electron chi connectivity index (χ0n) is 6.61. The van der Waals surface area contributed by atoms with Gasteiger partial charge in [-0.25, -0.2) is 0 Å². The van der Waals surface area contributed by atoms with E-state index in [1.165, 1.54) is 4.91 Å². The molecule has 2 nitrogen and oxygen atoms in total. The minimum Gasteiger partial charge on any atom is -0.278 e. The molecule has 2 rings (SSSR count). The Bertz CT molecular complexity index is 267. The summed E-state index contributed by atoms with van der Waals surface area (Å²) in [6.45, 7) is 4.23. The Kier molecular flexibility index (Phi) is 1.42. The molecule has 0 bridgehead atoms. The highest BCUT2D eigenvalue weighted by Gasteiger charge is 2.37. The smallest absolute Gasteiger partial charge is 0.128 e. The Labute approximate surface area is 70.5 Å². The van der Waals surface area contributed by atoms with E-state index in [4.69, 9.17) is 0 Å². The zero-order chi connectivity index (χ0) is 7.90. The molecule has 0 N–H and O–H groups in total. The van der Waals surface area contributed by atoms with Crippen molar-refractivity contribution in [3.63, 3.8) is 0 Å². The third-order valence-corrected chi connectivity index (χ3v) is 3.25. The monoisotopic (exact) mass is 166 g/mol. The van der Waals surface area contributed by atoms with Crippen LogP contribution in [0.5, 0.6) is 0 Å². The molecule has 2 aliphatic heterocycles. The SMILES string of the molecule is CC1=CC2(C)N=CC=NC2S1. The maximum atomic E-state index is 4.40. The van der Waals surface area contributed by atoms with Gasteiger partial charge in [0, 0.05) is 12.4 Å². The first-order valence-corrected chi connectivity index (χ1v) is 4.52. The Morgan fingerprint density at radius 2 is 2.36 bits per heavy atom. The van der Waals surface area contributed by atoms with Gasteiger partial charge < -0.3 is 0 Å². The molecule has 0 fully saturated rings. The Hall–Kier alpha value is -0.570. The van der Waals surface area contributed by atoms with Gasteiger partial charge in [0.2, 0.25) is 0 Å². The van der Waals surface area contributed by atoms with Gasteiger partial charge in [0.1, 0.15) is 10.9 Å². The van der Waals surface area contributed by atoms with Crippen molar-refractivity contribution in [2.45, 2.75) is 24.8 Å². The van der Waals surface area contributed by atoms with Crippen molar-refractivity contribution >= 4 is 24.2 Å². The molecule has 2 atom stereocenters. The lowest BCUT2D eigenvalue weighted by Crippen LogP contribution is -2.31. The van der Waals surface area contributed by atoms with Crippen LogP contribution < -0.4 is 0 Å².